The van der Waals surface area contributed by atoms with Crippen molar-refractivity contribution in [3.63, 3.8) is 0 Å². The van der Waals surface area contributed by atoms with Crippen molar-refractivity contribution in [2.24, 2.45) is 0 Å². The minimum atomic E-state index is -0.426. The molecule has 1 aromatic rings. The number of aromatic nitrogens is 2. The van der Waals surface area contributed by atoms with Crippen molar-refractivity contribution < 1.29 is 5.11 Å². The fourth-order valence-corrected chi connectivity index (χ4v) is 2.04. The molecule has 0 aliphatic heterocycles. The third kappa shape index (κ3) is 1.24. The maximum Gasteiger partial charge on any atom is 0.290 e. The lowest BCUT2D eigenvalue weighted by atomic mass is 10.2. The van der Waals surface area contributed by atoms with E-state index in [2.05, 4.69) is 5.10 Å². The summed E-state index contributed by atoms with van der Waals surface area (Å²) in [5.41, 5.74) is 6.28. The number of aromatic amines is 1. The molecule has 1 heterocycles. The Hall–Kier alpha value is -1.23. The van der Waals surface area contributed by atoms with Crippen LogP contribution in [0.3, 0.4) is 0 Å². The molecule has 1 saturated carbocycles. The minimum absolute atomic E-state index is 0.126. The highest BCUT2D eigenvalue weighted by Crippen LogP contribution is 2.28. The quantitative estimate of drug-likeness (QED) is 0.599. The lowest BCUT2D eigenvalue weighted by molar-refractivity contribution is 0.128. The summed E-state index contributed by atoms with van der Waals surface area (Å²) < 4.78 is 1.46. The van der Waals surface area contributed by atoms with Gasteiger partial charge >= 0.3 is 0 Å². The predicted octanol–water partition coefficient (Wildman–Crippen LogP) is 0.153. The number of nitrogen functional groups attached to an aromatic ring is 1. The SMILES string of the molecule is Cc1[nH]n(C2CCCC2O)c(=O)c1N. The Balaban J connectivity index is 2.41. The van der Waals surface area contributed by atoms with E-state index in [9.17, 15) is 9.90 Å². The molecule has 0 bridgehead atoms. The second kappa shape index (κ2) is 3.16. The number of anilines is 1. The van der Waals surface area contributed by atoms with Gasteiger partial charge in [-0.2, -0.15) is 0 Å². The molecule has 0 aromatic carbocycles. The third-order valence-corrected chi connectivity index (χ3v) is 2.92. The van der Waals surface area contributed by atoms with E-state index in [1.807, 2.05) is 0 Å². The first-order valence-corrected chi connectivity index (χ1v) is 4.86. The van der Waals surface area contributed by atoms with Crippen LogP contribution in [0.4, 0.5) is 5.69 Å². The van der Waals surface area contributed by atoms with E-state index in [1.54, 1.807) is 6.92 Å². The average molecular weight is 197 g/mol. The average Bonchev–Trinajstić information content (AvgIpc) is 2.66. The zero-order chi connectivity index (χ0) is 10.3. The smallest absolute Gasteiger partial charge is 0.290 e. The van der Waals surface area contributed by atoms with Crippen LogP contribution in [0.25, 0.3) is 0 Å². The van der Waals surface area contributed by atoms with Crippen LogP contribution in [0.1, 0.15) is 31.0 Å². The van der Waals surface area contributed by atoms with E-state index in [-0.39, 0.29) is 17.3 Å². The molecule has 5 nitrogen and oxygen atoms in total. The summed E-state index contributed by atoms with van der Waals surface area (Å²) >= 11 is 0. The van der Waals surface area contributed by atoms with Gasteiger partial charge in [0.1, 0.15) is 5.69 Å². The van der Waals surface area contributed by atoms with Crippen molar-refractivity contribution >= 4 is 5.69 Å². The number of nitrogens with one attached hydrogen (secondary N) is 1. The van der Waals surface area contributed by atoms with Crippen LogP contribution in [-0.2, 0) is 0 Å². The predicted molar refractivity (Wildman–Crippen MR) is 53.1 cm³/mol. The van der Waals surface area contributed by atoms with Crippen LogP contribution in [0.5, 0.6) is 0 Å². The molecule has 1 aliphatic carbocycles. The van der Waals surface area contributed by atoms with Crippen molar-refractivity contribution in [1.29, 1.82) is 0 Å². The molecule has 0 spiro atoms. The molecule has 0 radical (unpaired) electrons. The fourth-order valence-electron chi connectivity index (χ4n) is 2.04. The molecule has 1 aromatic heterocycles. The number of nitrogens with two attached hydrogens (primary N) is 1. The van der Waals surface area contributed by atoms with Crippen molar-refractivity contribution in [2.75, 3.05) is 5.73 Å². The summed E-state index contributed by atoms with van der Waals surface area (Å²) in [7, 11) is 0. The Morgan fingerprint density at radius 2 is 2.29 bits per heavy atom. The Bertz CT molecular complexity index is 393. The number of aliphatic hydroxyl groups excluding tert-OH is 1. The minimum Gasteiger partial charge on any atom is -0.393 e. The van der Waals surface area contributed by atoms with E-state index in [1.165, 1.54) is 4.68 Å². The van der Waals surface area contributed by atoms with Gasteiger partial charge in [0.05, 0.1) is 17.8 Å². The molecule has 5 heteroatoms. The van der Waals surface area contributed by atoms with Crippen molar-refractivity contribution in [3.8, 4) is 0 Å². The first kappa shape index (κ1) is 9.33. The first-order chi connectivity index (χ1) is 6.61. The van der Waals surface area contributed by atoms with Crippen molar-refractivity contribution in [1.82, 2.24) is 9.78 Å². The van der Waals surface area contributed by atoms with E-state index in [0.29, 0.717) is 5.69 Å². The number of aryl methyl sites for hydroxylation is 1. The topological polar surface area (TPSA) is 84.0 Å². The van der Waals surface area contributed by atoms with Gasteiger partial charge < -0.3 is 10.8 Å². The zero-order valence-corrected chi connectivity index (χ0v) is 8.16. The van der Waals surface area contributed by atoms with Crippen LogP contribution >= 0.6 is 0 Å². The van der Waals surface area contributed by atoms with Crippen LogP contribution in [0, 0.1) is 6.92 Å². The molecule has 0 amide bonds. The van der Waals surface area contributed by atoms with E-state index >= 15 is 0 Å². The van der Waals surface area contributed by atoms with E-state index in [0.717, 1.165) is 19.3 Å². The monoisotopic (exact) mass is 197 g/mol. The summed E-state index contributed by atoms with van der Waals surface area (Å²) in [6, 6.07) is -0.126. The number of nitrogens with zero attached hydrogens (tertiary/aromatic N) is 1. The summed E-state index contributed by atoms with van der Waals surface area (Å²) in [6.45, 7) is 1.76. The normalized spacial score (nSPS) is 27.0. The summed E-state index contributed by atoms with van der Waals surface area (Å²) in [6.07, 6.45) is 2.12. The van der Waals surface area contributed by atoms with Crippen molar-refractivity contribution in [3.05, 3.63) is 16.0 Å². The maximum absolute atomic E-state index is 11.6. The van der Waals surface area contributed by atoms with Crippen LogP contribution in [0.15, 0.2) is 4.79 Å². The highest BCUT2D eigenvalue weighted by Gasteiger charge is 2.29. The van der Waals surface area contributed by atoms with Gasteiger partial charge in [0.15, 0.2) is 0 Å². The molecule has 78 valence electrons. The molecule has 2 atom stereocenters. The third-order valence-electron chi connectivity index (χ3n) is 2.92. The largest absolute Gasteiger partial charge is 0.393 e. The standard InChI is InChI=1S/C9H15N3O2/c1-5-8(10)9(14)12(11-5)6-3-2-4-7(6)13/h6-7,11,13H,2-4,10H2,1H3. The second-order valence-corrected chi connectivity index (χ2v) is 3.89. The Morgan fingerprint density at radius 1 is 1.57 bits per heavy atom. The van der Waals surface area contributed by atoms with Gasteiger partial charge in [-0.15, -0.1) is 0 Å². The molecular formula is C9H15N3O2. The van der Waals surface area contributed by atoms with Crippen molar-refractivity contribution in [2.45, 2.75) is 38.3 Å². The van der Waals surface area contributed by atoms with Crippen LogP contribution in [-0.4, -0.2) is 21.0 Å². The molecule has 1 aliphatic rings. The molecule has 2 unspecified atom stereocenters. The highest BCUT2D eigenvalue weighted by atomic mass is 16.3. The molecule has 14 heavy (non-hydrogen) atoms. The Kier molecular flexibility index (Phi) is 2.11. The molecule has 0 saturated heterocycles. The number of aliphatic hydroxyl groups is 1. The van der Waals surface area contributed by atoms with E-state index < -0.39 is 6.10 Å². The number of H-pyrrole nitrogens is 1. The second-order valence-electron chi connectivity index (χ2n) is 3.89. The first-order valence-electron chi connectivity index (χ1n) is 4.86. The lowest BCUT2D eigenvalue weighted by Crippen LogP contribution is -2.28. The summed E-state index contributed by atoms with van der Waals surface area (Å²) in [4.78, 5) is 11.6. The molecule has 2 rings (SSSR count). The fraction of sp³-hybridized carbons (Fsp3) is 0.667. The number of hydrogen-bond donors (Lipinski definition) is 3. The van der Waals surface area contributed by atoms with Crippen LogP contribution in [0.2, 0.25) is 0 Å². The molecule has 1 fully saturated rings. The maximum atomic E-state index is 11.6. The van der Waals surface area contributed by atoms with Gasteiger partial charge in [-0.05, 0) is 26.2 Å². The van der Waals surface area contributed by atoms with Gasteiger partial charge in [0.2, 0.25) is 0 Å². The molecular weight excluding hydrogens is 182 g/mol. The van der Waals surface area contributed by atoms with Gasteiger partial charge in [0.25, 0.3) is 5.56 Å². The van der Waals surface area contributed by atoms with Crippen LogP contribution < -0.4 is 11.3 Å². The number of hydrogen-bond acceptors (Lipinski definition) is 3. The van der Waals surface area contributed by atoms with Gasteiger partial charge in [-0.25, -0.2) is 4.68 Å². The zero-order valence-electron chi connectivity index (χ0n) is 8.16. The summed E-state index contributed by atoms with van der Waals surface area (Å²) in [5.74, 6) is 0. The number of rotatable bonds is 1. The van der Waals surface area contributed by atoms with Gasteiger partial charge in [-0.1, -0.05) is 0 Å². The lowest BCUT2D eigenvalue weighted by Gasteiger charge is -2.14. The highest BCUT2D eigenvalue weighted by molar-refractivity contribution is 5.39. The Labute approximate surface area is 81.5 Å². The Morgan fingerprint density at radius 3 is 2.71 bits per heavy atom. The van der Waals surface area contributed by atoms with E-state index in [4.69, 9.17) is 5.73 Å². The summed E-state index contributed by atoms with van der Waals surface area (Å²) in [5, 5.41) is 12.6. The van der Waals surface area contributed by atoms with Gasteiger partial charge in [0, 0.05) is 0 Å². The molecule has 4 N–H and O–H groups in total. The van der Waals surface area contributed by atoms with Gasteiger partial charge in [-0.3, -0.25) is 9.89 Å².